The Morgan fingerprint density at radius 1 is 0.903 bits per heavy atom. The van der Waals surface area contributed by atoms with E-state index in [-0.39, 0.29) is 11.7 Å². The van der Waals surface area contributed by atoms with Gasteiger partial charge in [0.05, 0.1) is 11.4 Å². The highest BCUT2D eigenvalue weighted by atomic mass is 32.2. The number of nitrogens with one attached hydrogen (secondary N) is 2. The van der Waals surface area contributed by atoms with Crippen molar-refractivity contribution < 1.29 is 4.79 Å². The second-order valence-electron chi connectivity index (χ2n) is 6.50. The van der Waals surface area contributed by atoms with Crippen LogP contribution >= 0.6 is 23.5 Å². The molecule has 5 nitrogen and oxygen atoms in total. The van der Waals surface area contributed by atoms with E-state index in [1.165, 1.54) is 11.8 Å². The monoisotopic (exact) mass is 444 g/mol. The van der Waals surface area contributed by atoms with Crippen LogP contribution in [0.2, 0.25) is 0 Å². The number of hydrogen-bond acceptors (Lipinski definition) is 5. The molecule has 0 saturated heterocycles. The molecule has 0 atom stereocenters. The van der Waals surface area contributed by atoms with Gasteiger partial charge in [-0.2, -0.15) is 0 Å². The molecule has 2 N–H and O–H groups in total. The Balaban J connectivity index is 1.32. The van der Waals surface area contributed by atoms with Gasteiger partial charge in [-0.1, -0.05) is 90.3 Å². The lowest BCUT2D eigenvalue weighted by Crippen LogP contribution is -2.14. The van der Waals surface area contributed by atoms with Crippen molar-refractivity contribution in [1.29, 1.82) is 0 Å². The van der Waals surface area contributed by atoms with Crippen LogP contribution < -0.4 is 5.32 Å². The number of amides is 1. The van der Waals surface area contributed by atoms with Crippen molar-refractivity contribution in [3.05, 3.63) is 96.3 Å². The van der Waals surface area contributed by atoms with Crippen molar-refractivity contribution in [2.45, 2.75) is 14.9 Å². The number of thioether (sulfide) groups is 1. The number of aromatic amines is 1. The van der Waals surface area contributed by atoms with Crippen molar-refractivity contribution >= 4 is 47.3 Å². The van der Waals surface area contributed by atoms with E-state index in [2.05, 4.69) is 20.5 Å². The molecule has 1 aromatic heterocycles. The second-order valence-corrected chi connectivity index (χ2v) is 8.55. The van der Waals surface area contributed by atoms with Gasteiger partial charge in [0.25, 0.3) is 0 Å². The maximum Gasteiger partial charge on any atom is 0.234 e. The van der Waals surface area contributed by atoms with Gasteiger partial charge in [-0.15, -0.1) is 5.10 Å². The Bertz CT molecular complexity index is 1160. The Morgan fingerprint density at radius 2 is 1.61 bits per heavy atom. The SMILES string of the molecule is O=C(CSc1n[nH]c(/C=C/c2ccccc2)n1)Nc1ccccc1Sc1ccccc1. The van der Waals surface area contributed by atoms with Gasteiger partial charge in [0.1, 0.15) is 5.82 Å². The molecule has 0 saturated carbocycles. The molecule has 0 bridgehead atoms. The van der Waals surface area contributed by atoms with Crippen LogP contribution in [-0.2, 0) is 4.79 Å². The number of aromatic nitrogens is 3. The van der Waals surface area contributed by atoms with E-state index in [9.17, 15) is 4.79 Å². The van der Waals surface area contributed by atoms with Gasteiger partial charge in [-0.05, 0) is 35.9 Å². The predicted octanol–water partition coefficient (Wildman–Crippen LogP) is 5.86. The van der Waals surface area contributed by atoms with Crippen molar-refractivity contribution in [3.63, 3.8) is 0 Å². The number of carbonyl (C=O) groups excluding carboxylic acids is 1. The van der Waals surface area contributed by atoms with Gasteiger partial charge >= 0.3 is 0 Å². The van der Waals surface area contributed by atoms with E-state index >= 15 is 0 Å². The predicted molar refractivity (Wildman–Crippen MR) is 128 cm³/mol. The van der Waals surface area contributed by atoms with E-state index in [0.717, 1.165) is 21.0 Å². The molecule has 31 heavy (non-hydrogen) atoms. The molecule has 4 aromatic rings. The summed E-state index contributed by atoms with van der Waals surface area (Å²) in [6.45, 7) is 0. The van der Waals surface area contributed by atoms with Gasteiger partial charge < -0.3 is 5.32 Å². The van der Waals surface area contributed by atoms with E-state index in [0.29, 0.717) is 11.0 Å². The van der Waals surface area contributed by atoms with E-state index < -0.39 is 0 Å². The molecule has 0 aliphatic carbocycles. The molecular formula is C24H20N4OS2. The fourth-order valence-electron chi connectivity index (χ4n) is 2.73. The van der Waals surface area contributed by atoms with Crippen LogP contribution in [0.4, 0.5) is 5.69 Å². The summed E-state index contributed by atoms with van der Waals surface area (Å²) in [5.74, 6) is 0.776. The van der Waals surface area contributed by atoms with Crippen molar-refractivity contribution in [2.75, 3.05) is 11.1 Å². The summed E-state index contributed by atoms with van der Waals surface area (Å²) >= 11 is 2.91. The van der Waals surface area contributed by atoms with Crippen molar-refractivity contribution in [2.24, 2.45) is 0 Å². The van der Waals surface area contributed by atoms with Crippen LogP contribution in [0.3, 0.4) is 0 Å². The van der Waals surface area contributed by atoms with Gasteiger partial charge in [0.15, 0.2) is 0 Å². The summed E-state index contributed by atoms with van der Waals surface area (Å²) in [6, 6.07) is 27.8. The smallest absolute Gasteiger partial charge is 0.234 e. The zero-order valence-corrected chi connectivity index (χ0v) is 18.2. The summed E-state index contributed by atoms with van der Waals surface area (Å²) in [4.78, 5) is 19.0. The van der Waals surface area contributed by atoms with Crippen LogP contribution in [0.25, 0.3) is 12.2 Å². The molecule has 154 valence electrons. The fraction of sp³-hybridized carbons (Fsp3) is 0.0417. The molecule has 0 unspecified atom stereocenters. The highest BCUT2D eigenvalue weighted by Gasteiger charge is 2.10. The minimum Gasteiger partial charge on any atom is -0.324 e. The molecule has 1 amide bonds. The maximum atomic E-state index is 12.5. The van der Waals surface area contributed by atoms with Crippen molar-refractivity contribution in [3.8, 4) is 0 Å². The fourth-order valence-corrected chi connectivity index (χ4v) is 4.26. The lowest BCUT2D eigenvalue weighted by Gasteiger charge is -2.10. The van der Waals surface area contributed by atoms with E-state index in [4.69, 9.17) is 0 Å². The molecule has 0 aliphatic heterocycles. The number of para-hydroxylation sites is 1. The van der Waals surface area contributed by atoms with Gasteiger partial charge in [-0.3, -0.25) is 9.89 Å². The largest absolute Gasteiger partial charge is 0.324 e. The summed E-state index contributed by atoms with van der Waals surface area (Å²) in [7, 11) is 0. The maximum absolute atomic E-state index is 12.5. The summed E-state index contributed by atoms with van der Waals surface area (Å²) < 4.78 is 0. The topological polar surface area (TPSA) is 70.7 Å². The molecule has 3 aromatic carbocycles. The van der Waals surface area contributed by atoms with Crippen molar-refractivity contribution in [1.82, 2.24) is 15.2 Å². The third-order valence-corrected chi connectivity index (χ3v) is 6.11. The second kappa shape index (κ2) is 10.7. The molecule has 0 fully saturated rings. The minimum atomic E-state index is -0.0997. The number of H-pyrrole nitrogens is 1. The number of rotatable bonds is 8. The highest BCUT2D eigenvalue weighted by Crippen LogP contribution is 2.33. The zero-order valence-electron chi connectivity index (χ0n) is 16.6. The van der Waals surface area contributed by atoms with Crippen LogP contribution in [0.15, 0.2) is 99.9 Å². The molecule has 0 spiro atoms. The Morgan fingerprint density at radius 3 is 2.42 bits per heavy atom. The lowest BCUT2D eigenvalue weighted by atomic mass is 10.2. The summed E-state index contributed by atoms with van der Waals surface area (Å²) in [5.41, 5.74) is 1.88. The van der Waals surface area contributed by atoms with Crippen LogP contribution in [0.5, 0.6) is 0 Å². The number of anilines is 1. The normalized spacial score (nSPS) is 11.0. The Hall–Kier alpha value is -3.29. The third kappa shape index (κ3) is 6.34. The average Bonchev–Trinajstić information content (AvgIpc) is 3.27. The quantitative estimate of drug-likeness (QED) is 0.333. The van der Waals surface area contributed by atoms with Crippen LogP contribution in [0.1, 0.15) is 11.4 Å². The first-order valence-electron chi connectivity index (χ1n) is 9.66. The molecule has 7 heteroatoms. The lowest BCUT2D eigenvalue weighted by molar-refractivity contribution is -0.113. The molecule has 0 radical (unpaired) electrons. The minimum absolute atomic E-state index is 0.0997. The Kier molecular flexibility index (Phi) is 7.20. The standard InChI is InChI=1S/C24H20N4OS2/c29-23(25-20-13-7-8-14-21(20)31-19-11-5-2-6-12-19)17-30-24-26-22(27-28-24)16-15-18-9-3-1-4-10-18/h1-16H,17H2,(H,25,29)(H,26,27,28)/b16-15+. The van der Waals surface area contributed by atoms with E-state index in [1.807, 2.05) is 97.1 Å². The average molecular weight is 445 g/mol. The van der Waals surface area contributed by atoms with Gasteiger partial charge in [-0.25, -0.2) is 4.98 Å². The van der Waals surface area contributed by atoms with Gasteiger partial charge in [0, 0.05) is 9.79 Å². The number of nitrogens with zero attached hydrogens (tertiary/aromatic N) is 2. The first kappa shape index (κ1) is 21.0. The van der Waals surface area contributed by atoms with E-state index in [1.54, 1.807) is 11.8 Å². The molecule has 4 rings (SSSR count). The summed E-state index contributed by atoms with van der Waals surface area (Å²) in [6.07, 6.45) is 3.83. The molecular weight excluding hydrogens is 424 g/mol. The third-order valence-electron chi connectivity index (χ3n) is 4.18. The zero-order chi connectivity index (χ0) is 21.3. The van der Waals surface area contributed by atoms with Crippen LogP contribution in [-0.4, -0.2) is 26.8 Å². The first-order chi connectivity index (χ1) is 15.3. The molecule has 0 aliphatic rings. The number of hydrogen-bond donors (Lipinski definition) is 2. The highest BCUT2D eigenvalue weighted by molar-refractivity contribution is 8.00. The summed E-state index contributed by atoms with van der Waals surface area (Å²) in [5, 5.41) is 10.6. The van der Waals surface area contributed by atoms with Crippen LogP contribution in [0, 0.1) is 0 Å². The van der Waals surface area contributed by atoms with Gasteiger partial charge in [0.2, 0.25) is 11.1 Å². The Labute approximate surface area is 189 Å². The number of benzene rings is 3. The first-order valence-corrected chi connectivity index (χ1v) is 11.5. The molecule has 1 heterocycles. The number of carbonyl (C=O) groups is 1.